The summed E-state index contributed by atoms with van der Waals surface area (Å²) < 4.78 is 4.92. The molecule has 0 spiro atoms. The lowest BCUT2D eigenvalue weighted by molar-refractivity contribution is -0.122. The van der Waals surface area contributed by atoms with E-state index in [1.807, 2.05) is 13.0 Å². The number of carbonyl (C=O) groups excluding carboxylic acids is 1. The van der Waals surface area contributed by atoms with Gasteiger partial charge in [0, 0.05) is 12.5 Å². The van der Waals surface area contributed by atoms with Crippen LogP contribution in [0.2, 0.25) is 0 Å². The van der Waals surface area contributed by atoms with Crippen LogP contribution in [-0.4, -0.2) is 16.8 Å². The molecule has 1 amide bonds. The van der Waals surface area contributed by atoms with Crippen LogP contribution in [0.5, 0.6) is 0 Å². The predicted octanol–water partition coefficient (Wildman–Crippen LogP) is 1.70. The second-order valence-corrected chi connectivity index (χ2v) is 4.86. The molecule has 1 aromatic heterocycles. The molecule has 2 rings (SSSR count). The maximum absolute atomic E-state index is 11.6. The van der Waals surface area contributed by atoms with Crippen LogP contribution in [0.15, 0.2) is 10.6 Å². The molecule has 88 valence electrons. The first-order valence-electron chi connectivity index (χ1n) is 5.43. The second-order valence-electron chi connectivity index (χ2n) is 4.54. The van der Waals surface area contributed by atoms with E-state index in [0.29, 0.717) is 13.0 Å². The third kappa shape index (κ3) is 2.78. The number of carbonyl (C=O) groups is 1. The molecule has 1 heterocycles. The fraction of sp³-hybridized carbons (Fsp3) is 0.636. The van der Waals surface area contributed by atoms with Crippen molar-refractivity contribution >= 4 is 18.5 Å². The van der Waals surface area contributed by atoms with Crippen molar-refractivity contribution in [1.29, 1.82) is 0 Å². The Morgan fingerprint density at radius 2 is 2.44 bits per heavy atom. The third-order valence-electron chi connectivity index (χ3n) is 2.97. The molecule has 16 heavy (non-hydrogen) atoms. The molecule has 0 aromatic carbocycles. The molecular formula is C11H16N2O2S. The molecule has 1 saturated carbocycles. The van der Waals surface area contributed by atoms with Gasteiger partial charge in [0.2, 0.25) is 5.91 Å². The highest BCUT2D eigenvalue weighted by atomic mass is 32.1. The Morgan fingerprint density at radius 1 is 1.69 bits per heavy atom. The van der Waals surface area contributed by atoms with Gasteiger partial charge in [-0.1, -0.05) is 5.16 Å². The number of amides is 1. The first-order chi connectivity index (χ1) is 7.63. The van der Waals surface area contributed by atoms with Crippen LogP contribution in [0, 0.1) is 12.3 Å². The highest BCUT2D eigenvalue weighted by Crippen LogP contribution is 2.49. The summed E-state index contributed by atoms with van der Waals surface area (Å²) in [5, 5.41) is 6.66. The Hall–Kier alpha value is -0.970. The molecule has 1 aromatic rings. The number of hydrogen-bond acceptors (Lipinski definition) is 4. The highest BCUT2D eigenvalue weighted by Gasteiger charge is 2.42. The number of aromatic nitrogens is 1. The van der Waals surface area contributed by atoms with E-state index in [1.165, 1.54) is 0 Å². The van der Waals surface area contributed by atoms with E-state index in [1.54, 1.807) is 0 Å². The Bertz CT molecular complexity index is 385. The van der Waals surface area contributed by atoms with Crippen LogP contribution in [0.1, 0.15) is 30.7 Å². The summed E-state index contributed by atoms with van der Waals surface area (Å²) in [6.45, 7) is 2.28. The average Bonchev–Trinajstić information content (AvgIpc) is 2.91. The van der Waals surface area contributed by atoms with Gasteiger partial charge in [0.25, 0.3) is 0 Å². The monoisotopic (exact) mass is 240 g/mol. The molecule has 4 nitrogen and oxygen atoms in total. The van der Waals surface area contributed by atoms with Gasteiger partial charge in [-0.25, -0.2) is 0 Å². The first kappa shape index (κ1) is 11.5. The number of nitrogens with one attached hydrogen (secondary N) is 1. The van der Waals surface area contributed by atoms with Crippen LogP contribution in [0.25, 0.3) is 0 Å². The van der Waals surface area contributed by atoms with Crippen molar-refractivity contribution in [2.45, 2.75) is 32.7 Å². The zero-order chi connectivity index (χ0) is 11.6. The molecule has 0 saturated heterocycles. The largest absolute Gasteiger partial charge is 0.361 e. The highest BCUT2D eigenvalue weighted by molar-refractivity contribution is 7.80. The van der Waals surface area contributed by atoms with Crippen LogP contribution in [0.3, 0.4) is 0 Å². The van der Waals surface area contributed by atoms with Gasteiger partial charge in [-0.2, -0.15) is 12.6 Å². The standard InChI is InChI=1S/C11H16N2O2S/c1-8-4-9(13-15-8)6-12-10(14)5-11(7-16)2-3-11/h4,16H,2-3,5-7H2,1H3,(H,12,14). The van der Waals surface area contributed by atoms with Crippen molar-refractivity contribution in [3.05, 3.63) is 17.5 Å². The summed E-state index contributed by atoms with van der Waals surface area (Å²) in [6.07, 6.45) is 2.81. The van der Waals surface area contributed by atoms with Crippen molar-refractivity contribution < 1.29 is 9.32 Å². The van der Waals surface area contributed by atoms with Gasteiger partial charge < -0.3 is 9.84 Å². The van der Waals surface area contributed by atoms with Crippen LogP contribution >= 0.6 is 12.6 Å². The summed E-state index contributed by atoms with van der Waals surface area (Å²) in [6, 6.07) is 1.83. The second kappa shape index (κ2) is 4.49. The number of rotatable bonds is 5. The molecule has 0 unspecified atom stereocenters. The van der Waals surface area contributed by atoms with E-state index in [4.69, 9.17) is 4.52 Å². The number of thiol groups is 1. The quantitative estimate of drug-likeness (QED) is 0.770. The van der Waals surface area contributed by atoms with E-state index in [2.05, 4.69) is 23.1 Å². The molecule has 1 fully saturated rings. The molecule has 1 aliphatic rings. The van der Waals surface area contributed by atoms with Gasteiger partial charge in [0.15, 0.2) is 0 Å². The smallest absolute Gasteiger partial charge is 0.220 e. The normalized spacial score (nSPS) is 17.1. The maximum Gasteiger partial charge on any atom is 0.220 e. The molecule has 0 atom stereocenters. The molecular weight excluding hydrogens is 224 g/mol. The van der Waals surface area contributed by atoms with E-state index in [-0.39, 0.29) is 11.3 Å². The number of aryl methyl sites for hydroxylation is 1. The summed E-state index contributed by atoms with van der Waals surface area (Å²) in [5.74, 6) is 1.63. The summed E-state index contributed by atoms with van der Waals surface area (Å²) in [5.41, 5.74) is 0.939. The minimum Gasteiger partial charge on any atom is -0.361 e. The third-order valence-corrected chi connectivity index (χ3v) is 3.64. The Labute approximate surface area is 100 Å². The summed E-state index contributed by atoms with van der Waals surface area (Å²) in [7, 11) is 0. The topological polar surface area (TPSA) is 55.1 Å². The van der Waals surface area contributed by atoms with Gasteiger partial charge in [-0.3, -0.25) is 4.79 Å². The average molecular weight is 240 g/mol. The minimum absolute atomic E-state index is 0.0761. The zero-order valence-electron chi connectivity index (χ0n) is 9.32. The van der Waals surface area contributed by atoms with Crippen molar-refractivity contribution in [1.82, 2.24) is 10.5 Å². The van der Waals surface area contributed by atoms with Gasteiger partial charge in [-0.05, 0) is 30.9 Å². The van der Waals surface area contributed by atoms with E-state index >= 15 is 0 Å². The van der Waals surface area contributed by atoms with Gasteiger partial charge in [0.05, 0.1) is 6.54 Å². The van der Waals surface area contributed by atoms with Gasteiger partial charge >= 0.3 is 0 Å². The van der Waals surface area contributed by atoms with E-state index in [0.717, 1.165) is 30.0 Å². The van der Waals surface area contributed by atoms with Crippen LogP contribution in [-0.2, 0) is 11.3 Å². The lowest BCUT2D eigenvalue weighted by Gasteiger charge is -2.10. The Balaban J connectivity index is 1.76. The van der Waals surface area contributed by atoms with Gasteiger partial charge in [-0.15, -0.1) is 0 Å². The first-order valence-corrected chi connectivity index (χ1v) is 6.07. The fourth-order valence-electron chi connectivity index (χ4n) is 1.66. The van der Waals surface area contributed by atoms with Crippen molar-refractivity contribution in [2.75, 3.05) is 5.75 Å². The molecule has 5 heteroatoms. The number of nitrogens with zero attached hydrogens (tertiary/aromatic N) is 1. The number of hydrogen-bond donors (Lipinski definition) is 2. The van der Waals surface area contributed by atoms with Crippen molar-refractivity contribution in [3.63, 3.8) is 0 Å². The molecule has 0 aliphatic heterocycles. The lowest BCUT2D eigenvalue weighted by atomic mass is 10.1. The minimum atomic E-state index is 0.0761. The summed E-state index contributed by atoms with van der Waals surface area (Å²) >= 11 is 4.27. The van der Waals surface area contributed by atoms with Gasteiger partial charge in [0.1, 0.15) is 11.5 Å². The fourth-order valence-corrected chi connectivity index (χ4v) is 2.09. The lowest BCUT2D eigenvalue weighted by Crippen LogP contribution is -2.26. The van der Waals surface area contributed by atoms with Crippen molar-refractivity contribution in [3.8, 4) is 0 Å². The maximum atomic E-state index is 11.6. The Morgan fingerprint density at radius 3 is 2.94 bits per heavy atom. The Kier molecular flexibility index (Phi) is 3.23. The molecule has 1 aliphatic carbocycles. The van der Waals surface area contributed by atoms with Crippen LogP contribution in [0.4, 0.5) is 0 Å². The van der Waals surface area contributed by atoms with Crippen molar-refractivity contribution in [2.24, 2.45) is 5.41 Å². The molecule has 0 radical (unpaired) electrons. The van der Waals surface area contributed by atoms with E-state index < -0.39 is 0 Å². The molecule has 1 N–H and O–H groups in total. The SMILES string of the molecule is Cc1cc(CNC(=O)CC2(CS)CC2)no1. The molecule has 0 bridgehead atoms. The predicted molar refractivity (Wildman–Crippen MR) is 63.2 cm³/mol. The van der Waals surface area contributed by atoms with Crippen LogP contribution < -0.4 is 5.32 Å². The summed E-state index contributed by atoms with van der Waals surface area (Å²) in [4.78, 5) is 11.6. The van der Waals surface area contributed by atoms with E-state index in [9.17, 15) is 4.79 Å². The zero-order valence-corrected chi connectivity index (χ0v) is 10.2.